The summed E-state index contributed by atoms with van der Waals surface area (Å²) >= 11 is 1.07. The predicted octanol–water partition coefficient (Wildman–Crippen LogP) is 2.33. The molecule has 0 aliphatic carbocycles. The minimum absolute atomic E-state index is 0.200. The first kappa shape index (κ1) is 12.7. The maximum Gasteiger partial charge on any atom is 0.269 e. The lowest BCUT2D eigenvalue weighted by molar-refractivity contribution is 0.102. The molecule has 18 heavy (non-hydrogen) atoms. The van der Waals surface area contributed by atoms with E-state index in [-0.39, 0.29) is 5.91 Å². The Kier molecular flexibility index (Phi) is 4.38. The summed E-state index contributed by atoms with van der Waals surface area (Å²) in [6.45, 7) is 3.05. The lowest BCUT2D eigenvalue weighted by Crippen LogP contribution is -2.12. The lowest BCUT2D eigenvalue weighted by atomic mass is 10.2. The van der Waals surface area contributed by atoms with E-state index in [0.29, 0.717) is 18.1 Å². The molecule has 0 saturated heterocycles. The van der Waals surface area contributed by atoms with E-state index in [1.54, 1.807) is 0 Å². The van der Waals surface area contributed by atoms with Crippen molar-refractivity contribution in [2.24, 2.45) is 0 Å². The summed E-state index contributed by atoms with van der Waals surface area (Å²) in [5.41, 5.74) is 1.70. The van der Waals surface area contributed by atoms with Gasteiger partial charge in [0.1, 0.15) is 4.88 Å². The van der Waals surface area contributed by atoms with Gasteiger partial charge in [-0.05, 0) is 24.5 Å². The Morgan fingerprint density at radius 3 is 3.00 bits per heavy atom. The third kappa shape index (κ3) is 3.12. The van der Waals surface area contributed by atoms with Crippen molar-refractivity contribution in [3.05, 3.63) is 40.9 Å². The number of ether oxygens (including phenoxy) is 1. The lowest BCUT2D eigenvalue weighted by Gasteiger charge is -2.09. The summed E-state index contributed by atoms with van der Waals surface area (Å²) in [5, 5.41) is 6.47. The summed E-state index contributed by atoms with van der Waals surface area (Å²) in [4.78, 5) is 12.4. The van der Waals surface area contributed by atoms with Gasteiger partial charge in [0.25, 0.3) is 5.91 Å². The van der Waals surface area contributed by atoms with E-state index in [1.165, 1.54) is 6.20 Å². The van der Waals surface area contributed by atoms with Gasteiger partial charge in [0.05, 0.1) is 12.8 Å². The van der Waals surface area contributed by atoms with Crippen molar-refractivity contribution in [1.82, 2.24) is 9.59 Å². The number of carbonyl (C=O) groups excluding carboxylic acids is 1. The van der Waals surface area contributed by atoms with Gasteiger partial charge in [-0.3, -0.25) is 4.79 Å². The van der Waals surface area contributed by atoms with Gasteiger partial charge in [0.15, 0.2) is 0 Å². The highest BCUT2D eigenvalue weighted by Gasteiger charge is 2.10. The fourth-order valence-electron chi connectivity index (χ4n) is 1.43. The molecule has 0 bridgehead atoms. The molecule has 1 amide bonds. The third-order valence-corrected chi connectivity index (χ3v) is 2.98. The molecule has 0 atom stereocenters. The first-order valence-corrected chi connectivity index (χ1v) is 6.33. The summed E-state index contributed by atoms with van der Waals surface area (Å²) in [6.07, 6.45) is 1.45. The van der Waals surface area contributed by atoms with Crippen molar-refractivity contribution in [2.45, 2.75) is 13.5 Å². The molecule has 1 heterocycles. The van der Waals surface area contributed by atoms with Crippen LogP contribution in [0, 0.1) is 0 Å². The zero-order valence-electron chi connectivity index (χ0n) is 9.92. The molecule has 0 aliphatic heterocycles. The Morgan fingerprint density at radius 1 is 1.44 bits per heavy atom. The molecule has 0 unspecified atom stereocenters. The fourth-order valence-corrected chi connectivity index (χ4v) is 1.84. The maximum atomic E-state index is 11.9. The minimum Gasteiger partial charge on any atom is -0.377 e. The Bertz CT molecular complexity index is 514. The second-order valence-corrected chi connectivity index (χ2v) is 4.32. The molecule has 0 spiro atoms. The quantitative estimate of drug-likeness (QED) is 0.899. The largest absolute Gasteiger partial charge is 0.377 e. The summed E-state index contributed by atoms with van der Waals surface area (Å²) < 4.78 is 9.02. The molecule has 0 aliphatic rings. The Morgan fingerprint density at radius 2 is 2.28 bits per heavy atom. The van der Waals surface area contributed by atoms with Crippen molar-refractivity contribution < 1.29 is 9.53 Å². The molecule has 0 radical (unpaired) electrons. The molecular formula is C12H13N3O2S. The van der Waals surface area contributed by atoms with E-state index in [4.69, 9.17) is 4.74 Å². The number of amides is 1. The van der Waals surface area contributed by atoms with Crippen molar-refractivity contribution in [3.8, 4) is 0 Å². The number of nitrogens with zero attached hydrogens (tertiary/aromatic N) is 2. The van der Waals surface area contributed by atoms with E-state index >= 15 is 0 Å². The standard InChI is InChI=1S/C12H13N3O2S/c1-2-17-8-9-5-3-4-6-10(9)14-12(16)11-7-13-15-18-11/h3-7H,2,8H2,1H3,(H,14,16). The van der Waals surface area contributed by atoms with Gasteiger partial charge < -0.3 is 10.1 Å². The molecule has 94 valence electrons. The number of carbonyl (C=O) groups is 1. The second kappa shape index (κ2) is 6.23. The number of para-hydroxylation sites is 1. The Balaban J connectivity index is 2.11. The SMILES string of the molecule is CCOCc1ccccc1NC(=O)c1cnns1. The van der Waals surface area contributed by atoms with Crippen LogP contribution in [0.25, 0.3) is 0 Å². The van der Waals surface area contributed by atoms with Crippen LogP contribution < -0.4 is 5.32 Å². The number of hydrogen-bond acceptors (Lipinski definition) is 5. The molecule has 5 nitrogen and oxygen atoms in total. The number of rotatable bonds is 5. The zero-order chi connectivity index (χ0) is 12.8. The number of hydrogen-bond donors (Lipinski definition) is 1. The van der Waals surface area contributed by atoms with Crippen molar-refractivity contribution in [3.63, 3.8) is 0 Å². The van der Waals surface area contributed by atoms with Crippen LogP contribution >= 0.6 is 11.5 Å². The zero-order valence-corrected chi connectivity index (χ0v) is 10.7. The molecule has 1 N–H and O–H groups in total. The van der Waals surface area contributed by atoms with E-state index < -0.39 is 0 Å². The van der Waals surface area contributed by atoms with Crippen LogP contribution in [0.3, 0.4) is 0 Å². The topological polar surface area (TPSA) is 64.1 Å². The smallest absolute Gasteiger partial charge is 0.269 e. The van der Waals surface area contributed by atoms with Gasteiger partial charge in [-0.1, -0.05) is 22.7 Å². The minimum atomic E-state index is -0.200. The van der Waals surface area contributed by atoms with Gasteiger partial charge in [-0.2, -0.15) is 0 Å². The Hall–Kier alpha value is -1.79. The van der Waals surface area contributed by atoms with E-state index in [2.05, 4.69) is 14.9 Å². The van der Waals surface area contributed by atoms with Crippen LogP contribution in [-0.2, 0) is 11.3 Å². The van der Waals surface area contributed by atoms with Crippen molar-refractivity contribution in [2.75, 3.05) is 11.9 Å². The molecule has 2 rings (SSSR count). The van der Waals surface area contributed by atoms with E-state index in [0.717, 1.165) is 22.8 Å². The van der Waals surface area contributed by atoms with Gasteiger partial charge >= 0.3 is 0 Å². The average Bonchev–Trinajstić information content (AvgIpc) is 2.91. The molecule has 1 aromatic heterocycles. The van der Waals surface area contributed by atoms with Crippen LogP contribution in [0.2, 0.25) is 0 Å². The highest BCUT2D eigenvalue weighted by atomic mass is 32.1. The Labute approximate surface area is 109 Å². The van der Waals surface area contributed by atoms with Crippen LogP contribution in [0.1, 0.15) is 22.2 Å². The molecule has 1 aromatic carbocycles. The molecule has 2 aromatic rings. The average molecular weight is 263 g/mol. The van der Waals surface area contributed by atoms with Crippen LogP contribution in [0.4, 0.5) is 5.69 Å². The first-order valence-electron chi connectivity index (χ1n) is 5.55. The van der Waals surface area contributed by atoms with Gasteiger partial charge in [0, 0.05) is 17.9 Å². The van der Waals surface area contributed by atoms with Crippen LogP contribution in [0.5, 0.6) is 0 Å². The van der Waals surface area contributed by atoms with Crippen LogP contribution in [0.15, 0.2) is 30.5 Å². The first-order chi connectivity index (χ1) is 8.81. The van der Waals surface area contributed by atoms with Gasteiger partial charge in [-0.25, -0.2) is 0 Å². The molecular weight excluding hydrogens is 250 g/mol. The summed E-state index contributed by atoms with van der Waals surface area (Å²) in [5.74, 6) is -0.200. The monoisotopic (exact) mass is 263 g/mol. The van der Waals surface area contributed by atoms with Crippen LogP contribution in [-0.4, -0.2) is 22.1 Å². The number of benzene rings is 1. The highest BCUT2D eigenvalue weighted by Crippen LogP contribution is 2.17. The predicted molar refractivity (Wildman–Crippen MR) is 69.6 cm³/mol. The number of nitrogens with one attached hydrogen (secondary N) is 1. The molecule has 0 fully saturated rings. The van der Waals surface area contributed by atoms with Gasteiger partial charge in [-0.15, -0.1) is 5.10 Å². The van der Waals surface area contributed by atoms with E-state index in [9.17, 15) is 4.79 Å². The highest BCUT2D eigenvalue weighted by molar-refractivity contribution is 7.07. The number of anilines is 1. The molecule has 6 heteroatoms. The van der Waals surface area contributed by atoms with Crippen molar-refractivity contribution in [1.29, 1.82) is 0 Å². The fraction of sp³-hybridized carbons (Fsp3) is 0.250. The third-order valence-electron chi connectivity index (χ3n) is 2.31. The van der Waals surface area contributed by atoms with Gasteiger partial charge in [0.2, 0.25) is 0 Å². The summed E-state index contributed by atoms with van der Waals surface area (Å²) in [6, 6.07) is 7.56. The second-order valence-electron chi connectivity index (χ2n) is 3.53. The van der Waals surface area contributed by atoms with Crippen molar-refractivity contribution >= 4 is 23.1 Å². The maximum absolute atomic E-state index is 11.9. The normalized spacial score (nSPS) is 10.3. The number of aromatic nitrogens is 2. The van der Waals surface area contributed by atoms with E-state index in [1.807, 2.05) is 31.2 Å². The molecule has 0 saturated carbocycles. The summed E-state index contributed by atoms with van der Waals surface area (Å²) in [7, 11) is 0.